The lowest BCUT2D eigenvalue weighted by molar-refractivity contribution is 0.0498. The maximum atomic E-state index is 11.9. The van der Waals surface area contributed by atoms with E-state index in [1.807, 2.05) is 0 Å². The van der Waals surface area contributed by atoms with Crippen molar-refractivity contribution in [2.45, 2.75) is 25.3 Å². The number of nitrogens with zero attached hydrogens (tertiary/aromatic N) is 3. The maximum absolute atomic E-state index is 11.9. The number of aliphatic hydroxyl groups excluding tert-OH is 1. The summed E-state index contributed by atoms with van der Waals surface area (Å²) in [5, 5.41) is 9.18. The van der Waals surface area contributed by atoms with Crippen molar-refractivity contribution >= 4 is 17.6 Å². The van der Waals surface area contributed by atoms with E-state index < -0.39 is 0 Å². The molecule has 5 nitrogen and oxygen atoms in total. The van der Waals surface area contributed by atoms with E-state index in [9.17, 15) is 9.90 Å². The molecule has 1 atom stereocenters. The quantitative estimate of drug-likeness (QED) is 0.800. The van der Waals surface area contributed by atoms with Crippen LogP contribution < -0.4 is 0 Å². The minimum absolute atomic E-state index is 0.0311. The van der Waals surface area contributed by atoms with Crippen LogP contribution in [0.3, 0.4) is 0 Å². The lowest BCUT2D eigenvalue weighted by Gasteiger charge is -2.33. The fourth-order valence-electron chi connectivity index (χ4n) is 1.86. The molecule has 1 aromatic heterocycles. The molecule has 0 radical (unpaired) electrons. The van der Waals surface area contributed by atoms with Gasteiger partial charge in [-0.25, -0.2) is 0 Å². The van der Waals surface area contributed by atoms with Gasteiger partial charge in [0.1, 0.15) is 0 Å². The van der Waals surface area contributed by atoms with E-state index in [-0.39, 0.29) is 18.6 Å². The first-order valence-electron chi connectivity index (χ1n) is 5.02. The van der Waals surface area contributed by atoms with Crippen LogP contribution in [0.15, 0.2) is 6.20 Å². The number of amides is 1. The number of rotatable bonds is 2. The van der Waals surface area contributed by atoms with Crippen LogP contribution in [0, 0.1) is 0 Å². The highest BCUT2D eigenvalue weighted by Gasteiger charge is 2.27. The molecule has 82 valence electrons. The predicted octanol–water partition coefficient (Wildman–Crippen LogP) is 0.525. The van der Waals surface area contributed by atoms with Crippen LogP contribution in [-0.2, 0) is 0 Å². The number of carbonyl (C=O) groups excluding carboxylic acids is 1. The third-order valence-corrected chi connectivity index (χ3v) is 3.16. The second kappa shape index (κ2) is 4.67. The summed E-state index contributed by atoms with van der Waals surface area (Å²) in [7, 11) is 0. The Morgan fingerprint density at radius 3 is 3.20 bits per heavy atom. The van der Waals surface area contributed by atoms with Crippen LogP contribution in [0.1, 0.15) is 29.8 Å². The van der Waals surface area contributed by atoms with Gasteiger partial charge in [-0.15, -0.1) is 0 Å². The summed E-state index contributed by atoms with van der Waals surface area (Å²) in [6, 6.07) is -0.0482. The van der Waals surface area contributed by atoms with Crippen molar-refractivity contribution in [1.29, 1.82) is 0 Å². The molecular weight excluding hydrogens is 214 g/mol. The van der Waals surface area contributed by atoms with Crippen molar-refractivity contribution in [3.05, 3.63) is 11.9 Å². The van der Waals surface area contributed by atoms with Gasteiger partial charge in [-0.3, -0.25) is 4.79 Å². The number of carbonyl (C=O) groups is 1. The molecule has 2 rings (SSSR count). The summed E-state index contributed by atoms with van der Waals surface area (Å²) >= 11 is 1.03. The predicted molar refractivity (Wildman–Crippen MR) is 55.7 cm³/mol. The average molecular weight is 227 g/mol. The molecule has 1 saturated heterocycles. The average Bonchev–Trinajstić information content (AvgIpc) is 2.81. The highest BCUT2D eigenvalue weighted by Crippen LogP contribution is 2.18. The molecule has 1 aliphatic heterocycles. The molecule has 1 N–H and O–H groups in total. The first-order valence-corrected chi connectivity index (χ1v) is 5.75. The highest BCUT2D eigenvalue weighted by atomic mass is 32.1. The molecule has 15 heavy (non-hydrogen) atoms. The number of aliphatic hydroxyl groups is 1. The Kier molecular flexibility index (Phi) is 3.27. The highest BCUT2D eigenvalue weighted by molar-refractivity contribution is 6.99. The first-order chi connectivity index (χ1) is 7.33. The van der Waals surface area contributed by atoms with E-state index in [4.69, 9.17) is 0 Å². The second-order valence-corrected chi connectivity index (χ2v) is 4.18. The van der Waals surface area contributed by atoms with Crippen molar-refractivity contribution in [3.63, 3.8) is 0 Å². The molecule has 0 spiro atoms. The van der Waals surface area contributed by atoms with Gasteiger partial charge >= 0.3 is 0 Å². The fraction of sp³-hybridized carbons (Fsp3) is 0.667. The Balaban J connectivity index is 2.11. The standard InChI is InChI=1S/C9H13N3O2S/c13-6-7-3-1-2-4-12(7)9(14)8-5-10-15-11-8/h5,7,13H,1-4,6H2. The zero-order valence-corrected chi connectivity index (χ0v) is 9.11. The van der Waals surface area contributed by atoms with E-state index >= 15 is 0 Å². The van der Waals surface area contributed by atoms with Gasteiger partial charge in [0.15, 0.2) is 5.69 Å². The van der Waals surface area contributed by atoms with Crippen molar-refractivity contribution in [1.82, 2.24) is 13.6 Å². The molecule has 1 aromatic rings. The summed E-state index contributed by atoms with van der Waals surface area (Å²) < 4.78 is 7.73. The zero-order valence-electron chi connectivity index (χ0n) is 8.30. The van der Waals surface area contributed by atoms with Gasteiger partial charge in [-0.05, 0) is 19.3 Å². The molecule has 0 aromatic carbocycles. The molecule has 1 unspecified atom stereocenters. The lowest BCUT2D eigenvalue weighted by Crippen LogP contribution is -2.45. The summed E-state index contributed by atoms with van der Waals surface area (Å²) in [4.78, 5) is 13.7. The van der Waals surface area contributed by atoms with Gasteiger partial charge in [-0.1, -0.05) is 0 Å². The molecule has 1 amide bonds. The van der Waals surface area contributed by atoms with Crippen LogP contribution in [-0.4, -0.2) is 43.9 Å². The monoisotopic (exact) mass is 227 g/mol. The van der Waals surface area contributed by atoms with E-state index in [1.54, 1.807) is 4.90 Å². The largest absolute Gasteiger partial charge is 0.394 e. The molecule has 1 aliphatic rings. The van der Waals surface area contributed by atoms with Gasteiger partial charge in [0.25, 0.3) is 5.91 Å². The Morgan fingerprint density at radius 2 is 2.53 bits per heavy atom. The molecule has 2 heterocycles. The van der Waals surface area contributed by atoms with Crippen LogP contribution in [0.25, 0.3) is 0 Å². The third kappa shape index (κ3) is 2.15. The zero-order chi connectivity index (χ0) is 10.7. The smallest absolute Gasteiger partial charge is 0.275 e. The molecule has 1 fully saturated rings. The molecule has 0 saturated carbocycles. The van der Waals surface area contributed by atoms with E-state index in [1.165, 1.54) is 6.20 Å². The number of piperidine rings is 1. The number of likely N-dealkylation sites (tertiary alicyclic amines) is 1. The SMILES string of the molecule is O=C(c1cnsn1)N1CCCCC1CO. The normalized spacial score (nSPS) is 21.7. The van der Waals surface area contributed by atoms with Crippen LogP contribution in [0.5, 0.6) is 0 Å². The fourth-order valence-corrected chi connectivity index (χ4v) is 2.27. The summed E-state index contributed by atoms with van der Waals surface area (Å²) in [5.74, 6) is -0.109. The van der Waals surface area contributed by atoms with Crippen molar-refractivity contribution in [3.8, 4) is 0 Å². The second-order valence-electron chi connectivity index (χ2n) is 3.62. The van der Waals surface area contributed by atoms with Gasteiger partial charge in [0.2, 0.25) is 0 Å². The molecule has 0 bridgehead atoms. The minimum Gasteiger partial charge on any atom is -0.394 e. The lowest BCUT2D eigenvalue weighted by atomic mass is 10.0. The van der Waals surface area contributed by atoms with Gasteiger partial charge < -0.3 is 10.0 Å². The molecule has 6 heteroatoms. The van der Waals surface area contributed by atoms with E-state index in [2.05, 4.69) is 8.75 Å². The van der Waals surface area contributed by atoms with Crippen LogP contribution in [0.2, 0.25) is 0 Å². The van der Waals surface area contributed by atoms with E-state index in [0.29, 0.717) is 12.2 Å². The molecular formula is C9H13N3O2S. The number of aromatic nitrogens is 2. The number of hydrogen-bond donors (Lipinski definition) is 1. The summed E-state index contributed by atoms with van der Waals surface area (Å²) in [5.41, 5.74) is 0.389. The summed E-state index contributed by atoms with van der Waals surface area (Å²) in [6.45, 7) is 0.741. The topological polar surface area (TPSA) is 66.3 Å². The van der Waals surface area contributed by atoms with Gasteiger partial charge in [0.05, 0.1) is 30.6 Å². The van der Waals surface area contributed by atoms with Crippen LogP contribution in [0.4, 0.5) is 0 Å². The first kappa shape index (κ1) is 10.5. The maximum Gasteiger partial charge on any atom is 0.275 e. The summed E-state index contributed by atoms with van der Waals surface area (Å²) in [6.07, 6.45) is 4.43. The number of hydrogen-bond acceptors (Lipinski definition) is 5. The van der Waals surface area contributed by atoms with Crippen molar-refractivity contribution in [2.75, 3.05) is 13.2 Å². The van der Waals surface area contributed by atoms with Crippen molar-refractivity contribution < 1.29 is 9.90 Å². The Bertz CT molecular complexity index is 328. The van der Waals surface area contributed by atoms with Crippen LogP contribution >= 0.6 is 11.7 Å². The van der Waals surface area contributed by atoms with Crippen molar-refractivity contribution in [2.24, 2.45) is 0 Å². The molecule has 0 aliphatic carbocycles. The third-order valence-electron chi connectivity index (χ3n) is 2.68. The van der Waals surface area contributed by atoms with Gasteiger partial charge in [-0.2, -0.15) is 8.75 Å². The van der Waals surface area contributed by atoms with E-state index in [0.717, 1.165) is 31.0 Å². The Labute approximate surface area is 92.1 Å². The minimum atomic E-state index is -0.109. The Hall–Kier alpha value is -1.01. The van der Waals surface area contributed by atoms with Gasteiger partial charge in [0, 0.05) is 6.54 Å². The Morgan fingerprint density at radius 1 is 1.67 bits per heavy atom.